The van der Waals surface area contributed by atoms with Crippen LogP contribution in [0.25, 0.3) is 33.3 Å². The number of fused-ring (bicyclic) bond motifs is 1. The summed E-state index contributed by atoms with van der Waals surface area (Å²) >= 11 is 0. The molecule has 3 aromatic carbocycles. The largest absolute Gasteiger partial charge is 0.298 e. The molecule has 0 saturated carbocycles. The van der Waals surface area contributed by atoms with Gasteiger partial charge in [-0.1, -0.05) is 54.1 Å². The molecule has 5 nitrogen and oxygen atoms in total. The molecule has 5 aromatic rings. The van der Waals surface area contributed by atoms with Gasteiger partial charge in [-0.15, -0.1) is 0 Å². The minimum atomic E-state index is -3.94. The molecule has 0 fully saturated rings. The summed E-state index contributed by atoms with van der Waals surface area (Å²) in [7, 11) is -3.94. The summed E-state index contributed by atoms with van der Waals surface area (Å²) < 4.78 is 42.2. The van der Waals surface area contributed by atoms with Crippen LogP contribution in [0.4, 0.5) is 4.39 Å². The van der Waals surface area contributed by atoms with Crippen molar-refractivity contribution in [2.75, 3.05) is 0 Å². The number of aromatic nitrogens is 2. The summed E-state index contributed by atoms with van der Waals surface area (Å²) in [5.41, 5.74) is 4.39. The normalized spacial score (nSPS) is 11.6. The Labute approximate surface area is 196 Å². The smallest absolute Gasteiger partial charge is 0.269 e. The van der Waals surface area contributed by atoms with Gasteiger partial charge in [-0.2, -0.15) is 0 Å². The molecule has 2 aromatic heterocycles. The Bertz CT molecular complexity index is 1640. The standard InChI is InChI=1S/C27H19FN2O3S/c1-18-5-11-24(12-6-18)34(32,33)30-16-26(21-3-2-4-23(28)13-21)25-14-22(15-29-27(25)30)20-9-7-19(17-31)8-10-20/h2-17H,1H3. The highest BCUT2D eigenvalue weighted by atomic mass is 32.2. The van der Waals surface area contributed by atoms with Gasteiger partial charge in [0.2, 0.25) is 0 Å². The number of nitrogens with zero attached hydrogens (tertiary/aromatic N) is 2. The number of hydrogen-bond acceptors (Lipinski definition) is 4. The van der Waals surface area contributed by atoms with Crippen molar-refractivity contribution in [1.82, 2.24) is 8.96 Å². The van der Waals surface area contributed by atoms with Crippen LogP contribution in [-0.2, 0) is 10.0 Å². The number of carbonyl (C=O) groups is 1. The second-order valence-corrected chi connectivity index (χ2v) is 9.82. The predicted molar refractivity (Wildman–Crippen MR) is 130 cm³/mol. The summed E-state index contributed by atoms with van der Waals surface area (Å²) in [4.78, 5) is 15.6. The molecular weight excluding hydrogens is 451 g/mol. The number of benzene rings is 3. The molecule has 0 N–H and O–H groups in total. The highest BCUT2D eigenvalue weighted by molar-refractivity contribution is 7.90. The molecular formula is C27H19FN2O3S. The van der Waals surface area contributed by atoms with Crippen molar-refractivity contribution in [3.05, 3.63) is 108 Å². The Morgan fingerprint density at radius 2 is 1.62 bits per heavy atom. The third kappa shape index (κ3) is 3.80. The van der Waals surface area contributed by atoms with Crippen LogP contribution < -0.4 is 0 Å². The SMILES string of the molecule is Cc1ccc(S(=O)(=O)n2cc(-c3cccc(F)c3)c3cc(-c4ccc(C=O)cc4)cnc32)cc1. The van der Waals surface area contributed by atoms with E-state index in [4.69, 9.17) is 0 Å². The zero-order valence-electron chi connectivity index (χ0n) is 18.1. The van der Waals surface area contributed by atoms with Crippen molar-refractivity contribution in [3.63, 3.8) is 0 Å². The number of rotatable bonds is 5. The molecule has 0 amide bonds. The lowest BCUT2D eigenvalue weighted by molar-refractivity contribution is 0.112. The summed E-state index contributed by atoms with van der Waals surface area (Å²) in [6.07, 6.45) is 3.85. The molecule has 0 atom stereocenters. The van der Waals surface area contributed by atoms with Gasteiger partial charge in [0, 0.05) is 34.5 Å². The average Bonchev–Trinajstić information content (AvgIpc) is 3.24. The molecule has 0 saturated heterocycles. The Morgan fingerprint density at radius 3 is 2.29 bits per heavy atom. The van der Waals surface area contributed by atoms with E-state index in [1.165, 1.54) is 18.3 Å². The van der Waals surface area contributed by atoms with E-state index >= 15 is 0 Å². The lowest BCUT2D eigenvalue weighted by Crippen LogP contribution is -2.12. The van der Waals surface area contributed by atoms with Crippen molar-refractivity contribution in [2.45, 2.75) is 11.8 Å². The van der Waals surface area contributed by atoms with Crippen LogP contribution in [0.3, 0.4) is 0 Å². The zero-order chi connectivity index (χ0) is 23.9. The van der Waals surface area contributed by atoms with Crippen LogP contribution >= 0.6 is 0 Å². The first-order valence-electron chi connectivity index (χ1n) is 10.5. The van der Waals surface area contributed by atoms with Crippen LogP contribution in [0, 0.1) is 12.7 Å². The van der Waals surface area contributed by atoms with Crippen LogP contribution in [0.15, 0.2) is 96.2 Å². The topological polar surface area (TPSA) is 69.0 Å². The molecule has 5 rings (SSSR count). The van der Waals surface area contributed by atoms with Crippen LogP contribution in [0.5, 0.6) is 0 Å². The minimum absolute atomic E-state index is 0.135. The molecule has 0 aliphatic rings. The molecule has 2 heterocycles. The third-order valence-electron chi connectivity index (χ3n) is 5.71. The molecule has 0 aliphatic heterocycles. The van der Waals surface area contributed by atoms with Gasteiger partial charge in [0.15, 0.2) is 5.65 Å². The van der Waals surface area contributed by atoms with Crippen molar-refractivity contribution in [1.29, 1.82) is 0 Å². The highest BCUT2D eigenvalue weighted by Crippen LogP contribution is 2.35. The number of carbonyl (C=O) groups excluding carboxylic acids is 1. The fraction of sp³-hybridized carbons (Fsp3) is 0.0370. The Hall–Kier alpha value is -4.10. The van der Waals surface area contributed by atoms with Gasteiger partial charge in [-0.05, 0) is 48.4 Å². The molecule has 0 spiro atoms. The van der Waals surface area contributed by atoms with E-state index in [1.54, 1.807) is 66.9 Å². The van der Waals surface area contributed by atoms with Gasteiger partial charge >= 0.3 is 0 Å². The van der Waals surface area contributed by atoms with E-state index in [2.05, 4.69) is 4.98 Å². The monoisotopic (exact) mass is 470 g/mol. The van der Waals surface area contributed by atoms with Gasteiger partial charge in [-0.25, -0.2) is 21.8 Å². The van der Waals surface area contributed by atoms with Gasteiger partial charge in [-0.3, -0.25) is 4.79 Å². The minimum Gasteiger partial charge on any atom is -0.298 e. The summed E-state index contributed by atoms with van der Waals surface area (Å²) in [6, 6.07) is 21.4. The lowest BCUT2D eigenvalue weighted by atomic mass is 10.0. The van der Waals surface area contributed by atoms with Gasteiger partial charge in [0.25, 0.3) is 10.0 Å². The van der Waals surface area contributed by atoms with E-state index in [0.29, 0.717) is 22.1 Å². The quantitative estimate of drug-likeness (QED) is 0.301. The first-order chi connectivity index (χ1) is 16.4. The maximum Gasteiger partial charge on any atom is 0.269 e. The number of halogens is 1. The van der Waals surface area contributed by atoms with E-state index in [1.807, 2.05) is 13.0 Å². The Balaban J connectivity index is 1.75. The second kappa shape index (κ2) is 8.35. The molecule has 168 valence electrons. The first kappa shape index (κ1) is 21.7. The Kier molecular flexibility index (Phi) is 5.34. The van der Waals surface area contributed by atoms with Gasteiger partial charge in [0.05, 0.1) is 4.90 Å². The molecule has 34 heavy (non-hydrogen) atoms. The summed E-state index contributed by atoms with van der Waals surface area (Å²) in [6.45, 7) is 1.88. The van der Waals surface area contributed by atoms with Crippen LogP contribution in [0.2, 0.25) is 0 Å². The number of pyridine rings is 1. The maximum absolute atomic E-state index is 14.0. The van der Waals surface area contributed by atoms with E-state index in [9.17, 15) is 17.6 Å². The third-order valence-corrected chi connectivity index (χ3v) is 7.37. The van der Waals surface area contributed by atoms with E-state index < -0.39 is 15.8 Å². The highest BCUT2D eigenvalue weighted by Gasteiger charge is 2.23. The first-order valence-corrected chi connectivity index (χ1v) is 12.0. The summed E-state index contributed by atoms with van der Waals surface area (Å²) in [5.74, 6) is -0.423. The number of aldehydes is 1. The van der Waals surface area contributed by atoms with Gasteiger partial charge in [0.1, 0.15) is 12.1 Å². The maximum atomic E-state index is 14.0. The fourth-order valence-corrected chi connectivity index (χ4v) is 5.21. The zero-order valence-corrected chi connectivity index (χ0v) is 19.0. The molecule has 0 radical (unpaired) electrons. The average molecular weight is 471 g/mol. The van der Waals surface area contributed by atoms with Crippen LogP contribution in [0.1, 0.15) is 15.9 Å². The molecule has 0 aliphatic carbocycles. The number of hydrogen-bond donors (Lipinski definition) is 0. The summed E-state index contributed by atoms with van der Waals surface area (Å²) in [5, 5.41) is 0.568. The van der Waals surface area contributed by atoms with Crippen molar-refractivity contribution < 1.29 is 17.6 Å². The van der Waals surface area contributed by atoms with E-state index in [0.717, 1.165) is 26.9 Å². The Morgan fingerprint density at radius 1 is 0.882 bits per heavy atom. The fourth-order valence-electron chi connectivity index (χ4n) is 3.88. The number of aryl methyl sites for hydroxylation is 1. The second-order valence-electron chi connectivity index (χ2n) is 8.00. The molecule has 7 heteroatoms. The van der Waals surface area contributed by atoms with Crippen molar-refractivity contribution in [3.8, 4) is 22.3 Å². The molecule has 0 unspecified atom stereocenters. The van der Waals surface area contributed by atoms with Gasteiger partial charge < -0.3 is 0 Å². The lowest BCUT2D eigenvalue weighted by Gasteiger charge is -2.08. The van der Waals surface area contributed by atoms with Crippen molar-refractivity contribution in [2.24, 2.45) is 0 Å². The predicted octanol–water partition coefficient (Wildman–Crippen LogP) is 5.87. The van der Waals surface area contributed by atoms with Crippen LogP contribution in [-0.4, -0.2) is 23.7 Å². The molecule has 0 bridgehead atoms. The van der Waals surface area contributed by atoms with E-state index in [-0.39, 0.29) is 10.5 Å². The van der Waals surface area contributed by atoms with Crippen molar-refractivity contribution >= 4 is 27.3 Å².